The Bertz CT molecular complexity index is 1300. The van der Waals surface area contributed by atoms with Crippen LogP contribution in [0, 0.1) is 6.92 Å². The maximum Gasteiger partial charge on any atom is 0.243 e. The third kappa shape index (κ3) is 4.82. The van der Waals surface area contributed by atoms with Gasteiger partial charge in [0, 0.05) is 5.39 Å². The van der Waals surface area contributed by atoms with E-state index in [1.54, 1.807) is 36.5 Å². The molecule has 0 saturated heterocycles. The first-order chi connectivity index (χ1) is 14.9. The van der Waals surface area contributed by atoms with Gasteiger partial charge >= 0.3 is 0 Å². The maximum atomic E-state index is 13.2. The molecule has 0 atom stereocenters. The molecule has 158 valence electrons. The van der Waals surface area contributed by atoms with Crippen LogP contribution in [0.15, 0.2) is 88.5 Å². The second-order valence-electron chi connectivity index (χ2n) is 7.13. The number of para-hydroxylation sites is 1. The van der Waals surface area contributed by atoms with Crippen LogP contribution in [0.4, 0.5) is 5.69 Å². The molecule has 0 radical (unpaired) electrons. The summed E-state index contributed by atoms with van der Waals surface area (Å²) in [4.78, 5) is 17.2. The lowest BCUT2D eigenvalue weighted by atomic mass is 10.2. The fraction of sp³-hybridized carbons (Fsp3) is 0.130. The van der Waals surface area contributed by atoms with E-state index in [9.17, 15) is 13.2 Å². The van der Waals surface area contributed by atoms with Gasteiger partial charge in [-0.1, -0.05) is 35.9 Å². The smallest absolute Gasteiger partial charge is 0.243 e. The molecule has 0 bridgehead atoms. The van der Waals surface area contributed by atoms with Gasteiger partial charge in [0.05, 0.1) is 41.6 Å². The molecule has 0 aliphatic heterocycles. The summed E-state index contributed by atoms with van der Waals surface area (Å²) in [7, 11) is -3.92. The monoisotopic (exact) mass is 435 g/mol. The Hall–Kier alpha value is -3.49. The van der Waals surface area contributed by atoms with Crippen molar-refractivity contribution >= 4 is 32.5 Å². The van der Waals surface area contributed by atoms with Gasteiger partial charge in [0.2, 0.25) is 15.9 Å². The molecule has 0 aliphatic rings. The third-order valence-corrected chi connectivity index (χ3v) is 6.57. The highest BCUT2D eigenvalue weighted by Crippen LogP contribution is 2.20. The van der Waals surface area contributed by atoms with Gasteiger partial charge in [-0.2, -0.15) is 4.31 Å². The second kappa shape index (κ2) is 8.71. The van der Waals surface area contributed by atoms with Crippen molar-refractivity contribution in [3.8, 4) is 0 Å². The summed E-state index contributed by atoms with van der Waals surface area (Å²) in [6, 6.07) is 19.2. The van der Waals surface area contributed by atoms with E-state index < -0.39 is 15.9 Å². The molecule has 4 rings (SSSR count). The van der Waals surface area contributed by atoms with Gasteiger partial charge in [0.15, 0.2) is 0 Å². The van der Waals surface area contributed by atoms with Gasteiger partial charge in [0.25, 0.3) is 0 Å². The number of rotatable bonds is 7. The zero-order valence-electron chi connectivity index (χ0n) is 16.9. The minimum atomic E-state index is -3.92. The molecule has 1 amide bonds. The summed E-state index contributed by atoms with van der Waals surface area (Å²) in [5, 5.41) is 3.61. The van der Waals surface area contributed by atoms with Crippen LogP contribution in [-0.4, -0.2) is 30.2 Å². The van der Waals surface area contributed by atoms with Crippen LogP contribution in [0.25, 0.3) is 10.9 Å². The standard InChI is InChI=1S/C23H21N3O4S/c1-17-8-10-21(11-9-17)31(28,29)26(15-20-6-4-12-30-20)16-23(27)25-19-13-18-5-2-3-7-22(18)24-14-19/h2-14H,15-16H2,1H3,(H,25,27). The zero-order chi connectivity index (χ0) is 21.8. The SMILES string of the molecule is Cc1ccc(S(=O)(=O)N(CC(=O)Nc2cnc3ccccc3c2)Cc2ccco2)cc1. The molecule has 2 aromatic heterocycles. The molecule has 0 fully saturated rings. The molecule has 7 nitrogen and oxygen atoms in total. The number of anilines is 1. The number of furan rings is 1. The highest BCUT2D eigenvalue weighted by atomic mass is 32.2. The van der Waals surface area contributed by atoms with E-state index in [2.05, 4.69) is 10.3 Å². The molecule has 0 spiro atoms. The fourth-order valence-corrected chi connectivity index (χ4v) is 4.52. The normalized spacial score (nSPS) is 11.7. The average molecular weight is 436 g/mol. The van der Waals surface area contributed by atoms with Gasteiger partial charge in [-0.25, -0.2) is 8.42 Å². The molecular weight excluding hydrogens is 414 g/mol. The van der Waals surface area contributed by atoms with Crippen molar-refractivity contribution in [2.75, 3.05) is 11.9 Å². The Morgan fingerprint density at radius 3 is 2.58 bits per heavy atom. The van der Waals surface area contributed by atoms with E-state index in [0.29, 0.717) is 11.4 Å². The van der Waals surface area contributed by atoms with Gasteiger partial charge in [-0.3, -0.25) is 9.78 Å². The van der Waals surface area contributed by atoms with Crippen molar-refractivity contribution in [3.05, 3.63) is 90.5 Å². The average Bonchev–Trinajstić information content (AvgIpc) is 3.27. The number of hydrogen-bond donors (Lipinski definition) is 1. The molecule has 1 N–H and O–H groups in total. The number of pyridine rings is 1. The van der Waals surface area contributed by atoms with Crippen LogP contribution in [-0.2, 0) is 21.4 Å². The van der Waals surface area contributed by atoms with Crippen LogP contribution in [0.1, 0.15) is 11.3 Å². The zero-order valence-corrected chi connectivity index (χ0v) is 17.7. The Balaban J connectivity index is 1.57. The minimum Gasteiger partial charge on any atom is -0.468 e. The Morgan fingerprint density at radius 1 is 1.06 bits per heavy atom. The number of nitrogens with zero attached hydrogens (tertiary/aromatic N) is 2. The van der Waals surface area contributed by atoms with Gasteiger partial charge < -0.3 is 9.73 Å². The fourth-order valence-electron chi connectivity index (χ4n) is 3.16. The largest absolute Gasteiger partial charge is 0.468 e. The third-order valence-electron chi connectivity index (χ3n) is 4.77. The molecule has 0 unspecified atom stereocenters. The summed E-state index contributed by atoms with van der Waals surface area (Å²) in [5.41, 5.74) is 2.24. The molecule has 8 heteroatoms. The van der Waals surface area contributed by atoms with E-state index in [0.717, 1.165) is 20.8 Å². The number of carbonyl (C=O) groups excluding carboxylic acids is 1. The number of nitrogens with one attached hydrogen (secondary N) is 1. The van der Waals surface area contributed by atoms with Crippen molar-refractivity contribution in [3.63, 3.8) is 0 Å². The van der Waals surface area contributed by atoms with Gasteiger partial charge in [-0.15, -0.1) is 0 Å². The van der Waals surface area contributed by atoms with Crippen LogP contribution >= 0.6 is 0 Å². The molecule has 0 saturated carbocycles. The number of hydrogen-bond acceptors (Lipinski definition) is 5. The first kappa shape index (κ1) is 20.8. The van der Waals surface area contributed by atoms with Crippen LogP contribution in [0.3, 0.4) is 0 Å². The summed E-state index contributed by atoms with van der Waals surface area (Å²) in [6.45, 7) is 1.44. The lowest BCUT2D eigenvalue weighted by molar-refractivity contribution is -0.116. The summed E-state index contributed by atoms with van der Waals surface area (Å²) in [6.07, 6.45) is 3.01. The van der Waals surface area contributed by atoms with Gasteiger partial charge in [-0.05, 0) is 43.3 Å². The predicted molar refractivity (Wildman–Crippen MR) is 118 cm³/mol. The number of sulfonamides is 1. The van der Waals surface area contributed by atoms with Crippen molar-refractivity contribution in [2.45, 2.75) is 18.4 Å². The number of benzene rings is 2. The molecular formula is C23H21N3O4S. The van der Waals surface area contributed by atoms with Crippen molar-refractivity contribution in [1.29, 1.82) is 0 Å². The van der Waals surface area contributed by atoms with Crippen LogP contribution in [0.2, 0.25) is 0 Å². The van der Waals surface area contributed by atoms with Crippen LogP contribution < -0.4 is 5.32 Å². The lowest BCUT2D eigenvalue weighted by Crippen LogP contribution is -2.37. The quantitative estimate of drug-likeness (QED) is 0.474. The molecule has 31 heavy (non-hydrogen) atoms. The van der Waals surface area contributed by atoms with E-state index in [4.69, 9.17) is 4.42 Å². The van der Waals surface area contributed by atoms with Crippen molar-refractivity contribution < 1.29 is 17.6 Å². The number of fused-ring (bicyclic) bond motifs is 1. The molecule has 2 heterocycles. The molecule has 0 aliphatic carbocycles. The van der Waals surface area contributed by atoms with Gasteiger partial charge in [0.1, 0.15) is 5.76 Å². The summed E-state index contributed by atoms with van der Waals surface area (Å²) in [5.74, 6) is -0.0322. The molecule has 4 aromatic rings. The first-order valence-electron chi connectivity index (χ1n) is 9.66. The van der Waals surface area contributed by atoms with E-state index >= 15 is 0 Å². The number of carbonyl (C=O) groups is 1. The second-order valence-corrected chi connectivity index (χ2v) is 9.07. The highest BCUT2D eigenvalue weighted by molar-refractivity contribution is 7.89. The van der Waals surface area contributed by atoms with E-state index in [1.807, 2.05) is 31.2 Å². The lowest BCUT2D eigenvalue weighted by Gasteiger charge is -2.21. The topological polar surface area (TPSA) is 92.5 Å². The maximum absolute atomic E-state index is 13.2. The van der Waals surface area contributed by atoms with Crippen molar-refractivity contribution in [2.24, 2.45) is 0 Å². The van der Waals surface area contributed by atoms with Crippen molar-refractivity contribution in [1.82, 2.24) is 9.29 Å². The van der Waals surface area contributed by atoms with E-state index in [1.165, 1.54) is 18.4 Å². The molecule has 2 aromatic carbocycles. The van der Waals surface area contributed by atoms with Crippen LogP contribution in [0.5, 0.6) is 0 Å². The predicted octanol–water partition coefficient (Wildman–Crippen LogP) is 3.97. The number of aromatic nitrogens is 1. The number of aryl methyl sites for hydroxylation is 1. The number of amides is 1. The summed E-state index contributed by atoms with van der Waals surface area (Å²) >= 11 is 0. The Labute approximate surface area is 180 Å². The Morgan fingerprint density at radius 2 is 1.84 bits per heavy atom. The minimum absolute atomic E-state index is 0.0629. The summed E-state index contributed by atoms with van der Waals surface area (Å²) < 4.78 is 32.9. The highest BCUT2D eigenvalue weighted by Gasteiger charge is 2.27. The first-order valence-corrected chi connectivity index (χ1v) is 11.1. The van der Waals surface area contributed by atoms with E-state index in [-0.39, 0.29) is 18.0 Å². The Kier molecular flexibility index (Phi) is 5.83.